The van der Waals surface area contributed by atoms with Crippen LogP contribution in [-0.4, -0.2) is 64.9 Å². The number of phosphoric acid groups is 1. The van der Waals surface area contributed by atoms with Gasteiger partial charge in [0.05, 0.1) is 13.2 Å². The van der Waals surface area contributed by atoms with Crippen molar-refractivity contribution in [1.29, 1.82) is 0 Å². The number of carboxylic acids is 1. The van der Waals surface area contributed by atoms with Crippen LogP contribution in [0.25, 0.3) is 0 Å². The standard InChI is InChI=1S/C43H80NO10P/c1-3-5-7-9-11-13-15-17-18-19-20-21-22-23-24-26-28-30-32-34-41(46)44-40(43(48)49)38-54-55(50,51)53-37-39(45)36-52-42(47)35-33-31-29-27-25-16-14-12-10-8-6-4-2/h12,14,17-18,39-40,45H,3-11,13,15-16,19-38H2,1-2H3,(H,44,46)(H,48,49)(H,50,51)/b14-12-,18-17+. The van der Waals surface area contributed by atoms with Crippen LogP contribution in [0.3, 0.4) is 0 Å². The van der Waals surface area contributed by atoms with Gasteiger partial charge in [0.2, 0.25) is 5.91 Å². The van der Waals surface area contributed by atoms with E-state index in [0.29, 0.717) is 12.8 Å². The Hall–Kier alpha value is -2.04. The Morgan fingerprint density at radius 2 is 0.945 bits per heavy atom. The zero-order valence-electron chi connectivity index (χ0n) is 34.7. The zero-order valence-corrected chi connectivity index (χ0v) is 35.6. The van der Waals surface area contributed by atoms with Crippen molar-refractivity contribution >= 4 is 25.7 Å². The molecule has 11 nitrogen and oxygen atoms in total. The van der Waals surface area contributed by atoms with E-state index in [4.69, 9.17) is 13.8 Å². The number of aliphatic carboxylic acids is 1. The summed E-state index contributed by atoms with van der Waals surface area (Å²) >= 11 is 0. The van der Waals surface area contributed by atoms with Crippen LogP contribution in [0.2, 0.25) is 0 Å². The first-order valence-corrected chi connectivity index (χ1v) is 23.4. The molecule has 1 amide bonds. The van der Waals surface area contributed by atoms with E-state index in [1.54, 1.807) is 0 Å². The van der Waals surface area contributed by atoms with Gasteiger partial charge in [-0.1, -0.05) is 147 Å². The number of phosphoric ester groups is 1. The van der Waals surface area contributed by atoms with Gasteiger partial charge in [-0.2, -0.15) is 0 Å². The lowest BCUT2D eigenvalue weighted by molar-refractivity contribution is -0.147. The number of carbonyl (C=O) groups is 3. The van der Waals surface area contributed by atoms with Crippen molar-refractivity contribution < 1.29 is 47.8 Å². The number of nitrogens with one attached hydrogen (secondary N) is 1. The average Bonchev–Trinajstić information content (AvgIpc) is 3.16. The topological polar surface area (TPSA) is 169 Å². The van der Waals surface area contributed by atoms with Crippen molar-refractivity contribution in [2.45, 2.75) is 212 Å². The second kappa shape index (κ2) is 38.8. The predicted octanol–water partition coefficient (Wildman–Crippen LogP) is 11.1. The van der Waals surface area contributed by atoms with Gasteiger partial charge in [0.1, 0.15) is 12.7 Å². The van der Waals surface area contributed by atoms with Crippen LogP contribution in [0.4, 0.5) is 0 Å². The fourth-order valence-electron chi connectivity index (χ4n) is 6.01. The molecule has 0 heterocycles. The van der Waals surface area contributed by atoms with E-state index in [9.17, 15) is 34.1 Å². The molecular formula is C43H80NO10P. The normalized spacial score (nSPS) is 14.0. The first kappa shape index (κ1) is 53.0. The minimum absolute atomic E-state index is 0.144. The molecule has 0 aliphatic rings. The van der Waals surface area contributed by atoms with Crippen molar-refractivity contribution in [2.75, 3.05) is 19.8 Å². The van der Waals surface area contributed by atoms with E-state index < -0.39 is 57.6 Å². The number of ether oxygens (including phenoxy) is 1. The Morgan fingerprint density at radius 1 is 0.564 bits per heavy atom. The summed E-state index contributed by atoms with van der Waals surface area (Å²) in [5.41, 5.74) is 0. The number of allylic oxidation sites excluding steroid dienone is 4. The number of esters is 1. The van der Waals surface area contributed by atoms with Crippen molar-refractivity contribution in [2.24, 2.45) is 0 Å². The third-order valence-corrected chi connectivity index (χ3v) is 10.4. The average molecular weight is 802 g/mol. The van der Waals surface area contributed by atoms with Gasteiger partial charge in [0.15, 0.2) is 6.04 Å². The summed E-state index contributed by atoms with van der Waals surface area (Å²) in [7, 11) is -4.75. The minimum Gasteiger partial charge on any atom is -0.480 e. The first-order chi connectivity index (χ1) is 26.6. The number of rotatable bonds is 41. The molecule has 3 unspecified atom stereocenters. The summed E-state index contributed by atoms with van der Waals surface area (Å²) in [6.45, 7) is 2.56. The number of aliphatic hydroxyl groups is 1. The van der Waals surface area contributed by atoms with Gasteiger partial charge in [0.25, 0.3) is 0 Å². The number of unbranched alkanes of at least 4 members (excludes halogenated alkanes) is 23. The summed E-state index contributed by atoms with van der Waals surface area (Å²) in [6, 6.07) is -1.55. The molecule has 0 rings (SSSR count). The van der Waals surface area contributed by atoms with Gasteiger partial charge in [-0.3, -0.25) is 18.6 Å². The fraction of sp³-hybridized carbons (Fsp3) is 0.837. The third kappa shape index (κ3) is 38.6. The lowest BCUT2D eigenvalue weighted by atomic mass is 10.1. The van der Waals surface area contributed by atoms with E-state index >= 15 is 0 Å². The van der Waals surface area contributed by atoms with Crippen molar-refractivity contribution in [3.63, 3.8) is 0 Å². The molecule has 0 saturated heterocycles. The van der Waals surface area contributed by atoms with Gasteiger partial charge in [-0.25, -0.2) is 9.36 Å². The number of carboxylic acid groups (broad SMARTS) is 1. The van der Waals surface area contributed by atoms with Gasteiger partial charge < -0.3 is 25.2 Å². The quantitative estimate of drug-likeness (QED) is 0.0202. The molecule has 12 heteroatoms. The van der Waals surface area contributed by atoms with Crippen LogP contribution in [-0.2, 0) is 32.7 Å². The summed E-state index contributed by atoms with van der Waals surface area (Å²) in [4.78, 5) is 45.9. The summed E-state index contributed by atoms with van der Waals surface area (Å²) in [5, 5.41) is 21.8. The first-order valence-electron chi connectivity index (χ1n) is 21.9. The molecule has 55 heavy (non-hydrogen) atoms. The van der Waals surface area contributed by atoms with Crippen LogP contribution >= 0.6 is 7.82 Å². The number of hydrogen-bond donors (Lipinski definition) is 4. The number of amides is 1. The van der Waals surface area contributed by atoms with Crippen molar-refractivity contribution in [3.8, 4) is 0 Å². The molecule has 0 radical (unpaired) electrons. The Labute approximate surface area is 334 Å². The molecule has 0 aliphatic heterocycles. The molecule has 4 N–H and O–H groups in total. The highest BCUT2D eigenvalue weighted by molar-refractivity contribution is 7.47. The van der Waals surface area contributed by atoms with Gasteiger partial charge in [0, 0.05) is 12.8 Å². The van der Waals surface area contributed by atoms with Crippen LogP contribution in [0, 0.1) is 0 Å². The van der Waals surface area contributed by atoms with Crippen LogP contribution < -0.4 is 5.32 Å². The summed E-state index contributed by atoms with van der Waals surface area (Å²) < 4.78 is 26.8. The lowest BCUT2D eigenvalue weighted by Gasteiger charge is -2.18. The van der Waals surface area contributed by atoms with Crippen molar-refractivity contribution in [3.05, 3.63) is 24.3 Å². The number of hydrogen-bond acceptors (Lipinski definition) is 8. The molecule has 0 bridgehead atoms. The number of aliphatic hydroxyl groups excluding tert-OH is 1. The molecule has 0 aliphatic carbocycles. The van der Waals surface area contributed by atoms with Crippen LogP contribution in [0.15, 0.2) is 24.3 Å². The highest BCUT2D eigenvalue weighted by Gasteiger charge is 2.28. The van der Waals surface area contributed by atoms with E-state index in [1.165, 1.54) is 103 Å². The molecule has 0 aromatic rings. The largest absolute Gasteiger partial charge is 0.480 e. The highest BCUT2D eigenvalue weighted by Crippen LogP contribution is 2.43. The molecule has 322 valence electrons. The molecule has 0 aromatic carbocycles. The van der Waals surface area contributed by atoms with Gasteiger partial charge >= 0.3 is 19.8 Å². The lowest BCUT2D eigenvalue weighted by Crippen LogP contribution is -2.43. The maximum Gasteiger partial charge on any atom is 0.472 e. The Morgan fingerprint density at radius 3 is 1.42 bits per heavy atom. The van der Waals surface area contributed by atoms with Gasteiger partial charge in [-0.05, 0) is 64.2 Å². The molecular weight excluding hydrogens is 721 g/mol. The summed E-state index contributed by atoms with van der Waals surface area (Å²) in [6.07, 6.45) is 39.2. The number of carbonyl (C=O) groups excluding carboxylic acids is 2. The molecule has 3 atom stereocenters. The van der Waals surface area contributed by atoms with E-state index in [2.05, 4.69) is 43.5 Å². The SMILES string of the molecule is CCCCC/C=C\CCCCCCCC(=O)OCC(O)COP(=O)(O)OCC(NC(=O)CCCCCCCCCCC/C=C/CCCCCCCC)C(=O)O. The minimum atomic E-state index is -4.75. The Balaban J connectivity index is 3.90. The van der Waals surface area contributed by atoms with E-state index in [0.717, 1.165) is 57.8 Å². The molecule has 0 fully saturated rings. The second-order valence-electron chi connectivity index (χ2n) is 14.9. The Bertz CT molecular complexity index is 1040. The Kier molecular flexibility index (Phi) is 37.4. The third-order valence-electron chi connectivity index (χ3n) is 9.46. The fourth-order valence-corrected chi connectivity index (χ4v) is 6.78. The molecule has 0 saturated carbocycles. The van der Waals surface area contributed by atoms with Gasteiger partial charge in [-0.15, -0.1) is 0 Å². The smallest absolute Gasteiger partial charge is 0.472 e. The maximum absolute atomic E-state index is 12.3. The highest BCUT2D eigenvalue weighted by atomic mass is 31.2. The molecule has 0 aromatic heterocycles. The second-order valence-corrected chi connectivity index (χ2v) is 16.3. The zero-order chi connectivity index (χ0) is 40.7. The van der Waals surface area contributed by atoms with Crippen LogP contribution in [0.1, 0.15) is 200 Å². The molecule has 0 spiro atoms. The van der Waals surface area contributed by atoms with Crippen molar-refractivity contribution in [1.82, 2.24) is 5.32 Å². The van der Waals surface area contributed by atoms with E-state index in [-0.39, 0.29) is 12.8 Å². The monoisotopic (exact) mass is 802 g/mol. The summed E-state index contributed by atoms with van der Waals surface area (Å²) in [5.74, 6) is -2.38. The predicted molar refractivity (Wildman–Crippen MR) is 222 cm³/mol. The van der Waals surface area contributed by atoms with Crippen LogP contribution in [0.5, 0.6) is 0 Å². The van der Waals surface area contributed by atoms with E-state index in [1.807, 2.05) is 0 Å². The maximum atomic E-state index is 12.3.